The normalized spacial score (nSPS) is 12.7. The number of ether oxygens (including phenoxy) is 1. The number of thioether (sulfide) groups is 1. The number of hydrogen-bond acceptors (Lipinski definition) is 6. The molecule has 32 heavy (non-hydrogen) atoms. The van der Waals surface area contributed by atoms with E-state index in [4.69, 9.17) is 4.74 Å². The van der Waals surface area contributed by atoms with Gasteiger partial charge in [0.2, 0.25) is 0 Å². The third kappa shape index (κ3) is 4.35. The van der Waals surface area contributed by atoms with Gasteiger partial charge in [0.15, 0.2) is 16.3 Å². The zero-order valence-corrected chi connectivity index (χ0v) is 18.6. The molecule has 0 aliphatic heterocycles. The molecule has 4 rings (SSSR count). The summed E-state index contributed by atoms with van der Waals surface area (Å²) in [4.78, 5) is 31.4. The predicted molar refractivity (Wildman–Crippen MR) is 127 cm³/mol. The van der Waals surface area contributed by atoms with Gasteiger partial charge in [-0.25, -0.2) is 9.78 Å². The summed E-state index contributed by atoms with van der Waals surface area (Å²) in [6.07, 6.45) is 3.00. The van der Waals surface area contributed by atoms with Crippen molar-refractivity contribution < 1.29 is 9.84 Å². The first-order valence-electron chi connectivity index (χ1n) is 10.2. The standard InChI is InChI=1S/C23H24N4O4S/c1-3-4-12-32-23-24-20-19(21(29)25-22(30)26(20)2)27(23)13-16(28)14-31-18-11-7-9-15-8-5-6-10-17(15)18/h3-11,16,28H,12-14H2,1-2H3,(H,25,29,30)/b4-3+/t16-/m0/s1. The highest BCUT2D eigenvalue weighted by molar-refractivity contribution is 7.99. The number of aryl methyl sites for hydroxylation is 1. The lowest BCUT2D eigenvalue weighted by molar-refractivity contribution is 0.0921. The second-order valence-electron chi connectivity index (χ2n) is 7.32. The zero-order valence-electron chi connectivity index (χ0n) is 17.8. The monoisotopic (exact) mass is 452 g/mol. The molecule has 166 valence electrons. The van der Waals surface area contributed by atoms with Gasteiger partial charge in [-0.15, -0.1) is 0 Å². The van der Waals surface area contributed by atoms with E-state index in [1.807, 2.05) is 61.5 Å². The van der Waals surface area contributed by atoms with E-state index in [1.54, 1.807) is 11.6 Å². The van der Waals surface area contributed by atoms with Crippen molar-refractivity contribution in [2.24, 2.45) is 7.05 Å². The fourth-order valence-electron chi connectivity index (χ4n) is 3.48. The molecule has 0 amide bonds. The summed E-state index contributed by atoms with van der Waals surface area (Å²) in [5.41, 5.74) is -0.532. The van der Waals surface area contributed by atoms with Gasteiger partial charge in [0.1, 0.15) is 18.5 Å². The van der Waals surface area contributed by atoms with Gasteiger partial charge in [-0.1, -0.05) is 60.3 Å². The molecule has 0 fully saturated rings. The molecule has 4 aromatic rings. The van der Waals surface area contributed by atoms with Gasteiger partial charge in [0.05, 0.1) is 6.54 Å². The Labute approximate surface area is 188 Å². The Morgan fingerprint density at radius 3 is 2.81 bits per heavy atom. The van der Waals surface area contributed by atoms with Crippen LogP contribution in [-0.2, 0) is 13.6 Å². The Balaban J connectivity index is 1.62. The number of aliphatic hydroxyl groups is 1. The van der Waals surface area contributed by atoms with Crippen molar-refractivity contribution in [3.8, 4) is 5.75 Å². The maximum Gasteiger partial charge on any atom is 0.329 e. The maximum atomic E-state index is 12.6. The maximum absolute atomic E-state index is 12.6. The molecule has 9 heteroatoms. The zero-order chi connectivity index (χ0) is 22.7. The molecular formula is C23H24N4O4S. The number of nitrogens with one attached hydrogen (secondary N) is 1. The second-order valence-corrected chi connectivity index (χ2v) is 8.30. The van der Waals surface area contributed by atoms with Gasteiger partial charge in [-0.3, -0.25) is 14.3 Å². The van der Waals surface area contributed by atoms with Gasteiger partial charge >= 0.3 is 5.69 Å². The van der Waals surface area contributed by atoms with Gasteiger partial charge in [-0.05, 0) is 18.4 Å². The summed E-state index contributed by atoms with van der Waals surface area (Å²) in [5, 5.41) is 13.3. The number of fused-ring (bicyclic) bond motifs is 2. The number of imidazole rings is 1. The van der Waals surface area contributed by atoms with E-state index in [2.05, 4.69) is 9.97 Å². The second kappa shape index (κ2) is 9.46. The Kier molecular flexibility index (Phi) is 6.48. The average Bonchev–Trinajstić information content (AvgIpc) is 3.15. The van der Waals surface area contributed by atoms with Crippen molar-refractivity contribution in [1.82, 2.24) is 19.1 Å². The Hall–Kier alpha value is -3.30. The van der Waals surface area contributed by atoms with Crippen LogP contribution >= 0.6 is 11.8 Å². The number of allylic oxidation sites excluding steroid dienone is 1. The molecule has 0 bridgehead atoms. The van der Waals surface area contributed by atoms with Crippen LogP contribution in [0.15, 0.2) is 69.4 Å². The Morgan fingerprint density at radius 2 is 2.00 bits per heavy atom. The van der Waals surface area contributed by atoms with Crippen molar-refractivity contribution in [3.05, 3.63) is 75.5 Å². The summed E-state index contributed by atoms with van der Waals surface area (Å²) in [6, 6.07) is 13.6. The molecule has 2 aromatic heterocycles. The number of aromatic amines is 1. The van der Waals surface area contributed by atoms with Gasteiger partial charge < -0.3 is 14.4 Å². The third-order valence-corrected chi connectivity index (χ3v) is 6.02. The molecule has 2 heterocycles. The Bertz CT molecular complexity index is 1400. The number of benzene rings is 2. The van der Waals surface area contributed by atoms with Crippen LogP contribution in [0.5, 0.6) is 5.75 Å². The molecular weight excluding hydrogens is 428 g/mol. The molecule has 0 spiro atoms. The third-order valence-electron chi connectivity index (χ3n) is 5.09. The summed E-state index contributed by atoms with van der Waals surface area (Å²) in [6.45, 7) is 2.06. The minimum Gasteiger partial charge on any atom is -0.490 e. The molecule has 8 nitrogen and oxygen atoms in total. The van der Waals surface area contributed by atoms with Gasteiger partial charge in [0.25, 0.3) is 5.56 Å². The van der Waals surface area contributed by atoms with Crippen molar-refractivity contribution in [2.75, 3.05) is 12.4 Å². The number of aliphatic hydroxyl groups excluding tert-OH is 1. The van der Waals surface area contributed by atoms with Crippen LogP contribution in [0.2, 0.25) is 0 Å². The van der Waals surface area contributed by atoms with Crippen LogP contribution in [-0.4, -0.2) is 42.7 Å². The predicted octanol–water partition coefficient (Wildman–Crippen LogP) is 2.68. The van der Waals surface area contributed by atoms with E-state index in [-0.39, 0.29) is 24.3 Å². The number of aromatic nitrogens is 4. The molecule has 0 saturated heterocycles. The van der Waals surface area contributed by atoms with E-state index in [9.17, 15) is 14.7 Å². The van der Waals surface area contributed by atoms with E-state index in [0.717, 1.165) is 10.8 Å². The van der Waals surface area contributed by atoms with Gasteiger partial charge in [0, 0.05) is 18.2 Å². The first-order valence-corrected chi connectivity index (χ1v) is 11.2. The molecule has 1 atom stereocenters. The fraction of sp³-hybridized carbons (Fsp3) is 0.261. The van der Waals surface area contributed by atoms with Crippen molar-refractivity contribution in [3.63, 3.8) is 0 Å². The topological polar surface area (TPSA) is 102 Å². The van der Waals surface area contributed by atoms with Crippen LogP contribution in [0.25, 0.3) is 21.9 Å². The summed E-state index contributed by atoms with van der Waals surface area (Å²) in [5.74, 6) is 1.33. The Morgan fingerprint density at radius 1 is 1.22 bits per heavy atom. The van der Waals surface area contributed by atoms with Crippen molar-refractivity contribution >= 4 is 33.7 Å². The fourth-order valence-corrected chi connectivity index (χ4v) is 4.39. The lowest BCUT2D eigenvalue weighted by Crippen LogP contribution is -2.30. The average molecular weight is 453 g/mol. The highest BCUT2D eigenvalue weighted by Crippen LogP contribution is 2.26. The van der Waals surface area contributed by atoms with Crippen molar-refractivity contribution in [1.29, 1.82) is 0 Å². The minimum atomic E-state index is -0.899. The molecule has 0 saturated carbocycles. The summed E-state index contributed by atoms with van der Waals surface area (Å²) >= 11 is 1.42. The first-order chi connectivity index (χ1) is 15.5. The highest BCUT2D eigenvalue weighted by atomic mass is 32.2. The number of nitrogens with zero attached hydrogens (tertiary/aromatic N) is 3. The first kappa shape index (κ1) is 21.9. The number of rotatable bonds is 8. The largest absolute Gasteiger partial charge is 0.490 e. The number of hydrogen-bond donors (Lipinski definition) is 2. The number of H-pyrrole nitrogens is 1. The molecule has 0 aliphatic rings. The van der Waals surface area contributed by atoms with Gasteiger partial charge in [-0.2, -0.15) is 0 Å². The minimum absolute atomic E-state index is 0.0380. The molecule has 0 unspecified atom stereocenters. The SMILES string of the molecule is C/C=C/CSc1nc2c(c(=O)[nH]c(=O)n2C)n1C[C@H](O)COc1cccc2ccccc12. The van der Waals surface area contributed by atoms with Crippen molar-refractivity contribution in [2.45, 2.75) is 24.7 Å². The van der Waals surface area contributed by atoms with E-state index < -0.39 is 17.4 Å². The van der Waals surface area contributed by atoms with Crippen LogP contribution < -0.4 is 16.0 Å². The van der Waals surface area contributed by atoms with Crippen LogP contribution in [0.3, 0.4) is 0 Å². The smallest absolute Gasteiger partial charge is 0.329 e. The van der Waals surface area contributed by atoms with E-state index in [0.29, 0.717) is 16.7 Å². The van der Waals surface area contributed by atoms with E-state index in [1.165, 1.54) is 16.3 Å². The van der Waals surface area contributed by atoms with E-state index >= 15 is 0 Å². The lowest BCUT2D eigenvalue weighted by atomic mass is 10.1. The molecule has 2 aromatic carbocycles. The molecule has 2 N–H and O–H groups in total. The highest BCUT2D eigenvalue weighted by Gasteiger charge is 2.20. The molecule has 0 radical (unpaired) electrons. The van der Waals surface area contributed by atoms with Crippen LogP contribution in [0, 0.1) is 0 Å². The summed E-state index contributed by atoms with van der Waals surface area (Å²) < 4.78 is 8.86. The van der Waals surface area contributed by atoms with Crippen LogP contribution in [0.1, 0.15) is 6.92 Å². The lowest BCUT2D eigenvalue weighted by Gasteiger charge is -2.16. The summed E-state index contributed by atoms with van der Waals surface area (Å²) in [7, 11) is 1.55. The van der Waals surface area contributed by atoms with Crippen LogP contribution in [0.4, 0.5) is 0 Å². The quantitative estimate of drug-likeness (QED) is 0.315. The molecule has 0 aliphatic carbocycles.